The number of rotatable bonds is 7. The predicted molar refractivity (Wildman–Crippen MR) is 54.1 cm³/mol. The Hall–Kier alpha value is -0.680. The highest BCUT2D eigenvalue weighted by Gasteiger charge is 1.93. The maximum absolute atomic E-state index is 5.33. The van der Waals surface area contributed by atoms with Gasteiger partial charge in [0.15, 0.2) is 0 Å². The molecule has 0 aliphatic heterocycles. The topological polar surface area (TPSA) is 47.0 Å². The molecular formula is C8H15N3OS. The van der Waals surface area contributed by atoms with Gasteiger partial charge in [0.2, 0.25) is 5.13 Å². The third kappa shape index (κ3) is 4.80. The minimum atomic E-state index is 0.819. The van der Waals surface area contributed by atoms with Gasteiger partial charge in [-0.2, -0.15) is 0 Å². The first-order valence-corrected chi connectivity index (χ1v) is 5.39. The van der Waals surface area contributed by atoms with E-state index in [1.54, 1.807) is 5.51 Å². The Kier molecular flexibility index (Phi) is 5.44. The Morgan fingerprint density at radius 1 is 1.54 bits per heavy atom. The molecule has 0 aliphatic rings. The molecule has 0 bridgehead atoms. The van der Waals surface area contributed by atoms with Crippen molar-refractivity contribution in [3.8, 4) is 0 Å². The summed E-state index contributed by atoms with van der Waals surface area (Å²) in [6, 6.07) is 0. The Morgan fingerprint density at radius 3 is 3.15 bits per heavy atom. The molecule has 1 aromatic rings. The molecule has 0 amide bonds. The van der Waals surface area contributed by atoms with E-state index < -0.39 is 0 Å². The highest BCUT2D eigenvalue weighted by atomic mass is 32.1. The normalized spacial score (nSPS) is 10.2. The summed E-state index contributed by atoms with van der Waals surface area (Å²) in [5.74, 6) is 0. The van der Waals surface area contributed by atoms with Crippen molar-refractivity contribution in [3.63, 3.8) is 0 Å². The van der Waals surface area contributed by atoms with Crippen molar-refractivity contribution < 1.29 is 4.74 Å². The summed E-state index contributed by atoms with van der Waals surface area (Å²) in [5.41, 5.74) is 1.72. The zero-order valence-electron chi connectivity index (χ0n) is 7.82. The van der Waals surface area contributed by atoms with Crippen LogP contribution in [0.5, 0.6) is 0 Å². The minimum absolute atomic E-state index is 0.819. The molecule has 1 N–H and O–H groups in total. The lowest BCUT2D eigenvalue weighted by Crippen LogP contribution is -2.05. The zero-order chi connectivity index (χ0) is 9.36. The fraction of sp³-hybridized carbons (Fsp3) is 0.750. The van der Waals surface area contributed by atoms with Crippen LogP contribution in [-0.2, 0) is 4.74 Å². The molecule has 0 aliphatic carbocycles. The number of nitrogens with zero attached hydrogens (tertiary/aromatic N) is 2. The molecule has 0 atom stereocenters. The number of hydrogen-bond acceptors (Lipinski definition) is 5. The highest BCUT2D eigenvalue weighted by Crippen LogP contribution is 2.07. The van der Waals surface area contributed by atoms with Gasteiger partial charge in [-0.15, -0.1) is 10.2 Å². The molecule has 13 heavy (non-hydrogen) atoms. The van der Waals surface area contributed by atoms with E-state index in [1.165, 1.54) is 11.3 Å². The van der Waals surface area contributed by atoms with Crippen LogP contribution in [0.25, 0.3) is 0 Å². The molecule has 0 unspecified atom stereocenters. The summed E-state index contributed by atoms with van der Waals surface area (Å²) in [6.45, 7) is 4.69. The van der Waals surface area contributed by atoms with Crippen molar-refractivity contribution in [2.75, 3.05) is 25.1 Å². The second-order valence-corrected chi connectivity index (χ2v) is 3.47. The van der Waals surface area contributed by atoms with Gasteiger partial charge in [0.1, 0.15) is 5.51 Å². The van der Waals surface area contributed by atoms with Crippen molar-refractivity contribution in [3.05, 3.63) is 5.51 Å². The van der Waals surface area contributed by atoms with Gasteiger partial charge in [-0.1, -0.05) is 18.3 Å². The van der Waals surface area contributed by atoms with E-state index >= 15 is 0 Å². The van der Waals surface area contributed by atoms with Crippen molar-refractivity contribution in [2.45, 2.75) is 19.8 Å². The minimum Gasteiger partial charge on any atom is -0.381 e. The molecular weight excluding hydrogens is 186 g/mol. The van der Waals surface area contributed by atoms with Crippen molar-refractivity contribution in [1.29, 1.82) is 0 Å². The van der Waals surface area contributed by atoms with Crippen LogP contribution in [0.1, 0.15) is 19.8 Å². The SMILES string of the molecule is CCCOCCCNc1nncs1. The molecule has 0 fully saturated rings. The van der Waals surface area contributed by atoms with Gasteiger partial charge in [-0.3, -0.25) is 0 Å². The maximum atomic E-state index is 5.33. The standard InChI is InChI=1S/C8H15N3OS/c1-2-5-12-6-3-4-9-8-11-10-7-13-8/h7H,2-6H2,1H3,(H,9,11). The fourth-order valence-corrected chi connectivity index (χ4v) is 1.34. The Balaban J connectivity index is 1.90. The first kappa shape index (κ1) is 10.4. The van der Waals surface area contributed by atoms with E-state index in [0.29, 0.717) is 0 Å². The Morgan fingerprint density at radius 2 is 2.46 bits per heavy atom. The number of nitrogens with one attached hydrogen (secondary N) is 1. The van der Waals surface area contributed by atoms with Crippen LogP contribution in [-0.4, -0.2) is 30.0 Å². The average Bonchev–Trinajstić information content (AvgIpc) is 2.63. The van der Waals surface area contributed by atoms with Crippen LogP contribution >= 0.6 is 11.3 Å². The summed E-state index contributed by atoms with van der Waals surface area (Å²) in [7, 11) is 0. The van der Waals surface area contributed by atoms with Gasteiger partial charge in [-0.05, 0) is 12.8 Å². The van der Waals surface area contributed by atoms with Gasteiger partial charge in [0, 0.05) is 19.8 Å². The molecule has 1 heterocycles. The molecule has 0 spiro atoms. The van der Waals surface area contributed by atoms with Crippen molar-refractivity contribution in [1.82, 2.24) is 10.2 Å². The summed E-state index contributed by atoms with van der Waals surface area (Å²) in [5, 5.41) is 11.6. The summed E-state index contributed by atoms with van der Waals surface area (Å²) in [6.07, 6.45) is 2.10. The molecule has 0 aromatic carbocycles. The Labute approximate surface area is 82.3 Å². The molecule has 0 saturated heterocycles. The quantitative estimate of drug-likeness (QED) is 0.683. The molecule has 0 radical (unpaired) electrons. The summed E-state index contributed by atoms with van der Waals surface area (Å²) >= 11 is 1.52. The van der Waals surface area contributed by atoms with Gasteiger partial charge in [0.05, 0.1) is 0 Å². The number of ether oxygens (including phenoxy) is 1. The van der Waals surface area contributed by atoms with Crippen LogP contribution < -0.4 is 5.32 Å². The molecule has 5 heteroatoms. The van der Waals surface area contributed by atoms with Gasteiger partial charge >= 0.3 is 0 Å². The monoisotopic (exact) mass is 201 g/mol. The van der Waals surface area contributed by atoms with E-state index in [2.05, 4.69) is 22.4 Å². The molecule has 1 rings (SSSR count). The van der Waals surface area contributed by atoms with Crippen molar-refractivity contribution in [2.24, 2.45) is 0 Å². The van der Waals surface area contributed by atoms with E-state index in [0.717, 1.165) is 37.7 Å². The van der Waals surface area contributed by atoms with Gasteiger partial charge in [-0.25, -0.2) is 0 Å². The zero-order valence-corrected chi connectivity index (χ0v) is 8.64. The molecule has 4 nitrogen and oxygen atoms in total. The second-order valence-electron chi connectivity index (χ2n) is 2.64. The lowest BCUT2D eigenvalue weighted by Gasteiger charge is -2.02. The fourth-order valence-electron chi connectivity index (χ4n) is 0.866. The smallest absolute Gasteiger partial charge is 0.205 e. The van der Waals surface area contributed by atoms with Crippen molar-refractivity contribution >= 4 is 16.5 Å². The third-order valence-corrected chi connectivity index (χ3v) is 2.10. The number of hydrogen-bond donors (Lipinski definition) is 1. The lowest BCUT2D eigenvalue weighted by molar-refractivity contribution is 0.134. The van der Waals surface area contributed by atoms with Crippen LogP contribution in [0.4, 0.5) is 5.13 Å². The van der Waals surface area contributed by atoms with Crippen LogP contribution in [0, 0.1) is 0 Å². The number of aromatic nitrogens is 2. The van der Waals surface area contributed by atoms with Gasteiger partial charge in [0.25, 0.3) is 0 Å². The predicted octanol–water partition coefficient (Wildman–Crippen LogP) is 1.77. The van der Waals surface area contributed by atoms with Crippen LogP contribution in [0.15, 0.2) is 5.51 Å². The van der Waals surface area contributed by atoms with E-state index in [9.17, 15) is 0 Å². The lowest BCUT2D eigenvalue weighted by atomic mass is 10.4. The third-order valence-electron chi connectivity index (χ3n) is 1.45. The average molecular weight is 201 g/mol. The summed E-state index contributed by atoms with van der Waals surface area (Å²) in [4.78, 5) is 0. The number of anilines is 1. The second kappa shape index (κ2) is 6.80. The Bertz CT molecular complexity index is 203. The first-order valence-electron chi connectivity index (χ1n) is 4.51. The molecule has 0 saturated carbocycles. The van der Waals surface area contributed by atoms with E-state index in [-0.39, 0.29) is 0 Å². The van der Waals surface area contributed by atoms with Crippen LogP contribution in [0.3, 0.4) is 0 Å². The molecule has 74 valence electrons. The maximum Gasteiger partial charge on any atom is 0.205 e. The van der Waals surface area contributed by atoms with Gasteiger partial charge < -0.3 is 10.1 Å². The van der Waals surface area contributed by atoms with E-state index in [4.69, 9.17) is 4.74 Å². The largest absolute Gasteiger partial charge is 0.381 e. The summed E-state index contributed by atoms with van der Waals surface area (Å²) < 4.78 is 5.33. The van der Waals surface area contributed by atoms with E-state index in [1.807, 2.05) is 0 Å². The van der Waals surface area contributed by atoms with Crippen LogP contribution in [0.2, 0.25) is 0 Å². The molecule has 1 aromatic heterocycles. The first-order chi connectivity index (χ1) is 6.43. The highest BCUT2D eigenvalue weighted by molar-refractivity contribution is 7.13.